The van der Waals surface area contributed by atoms with Crippen LogP contribution in [-0.4, -0.2) is 39.4 Å². The third-order valence-corrected chi connectivity index (χ3v) is 3.30. The Morgan fingerprint density at radius 3 is 2.42 bits per heavy atom. The highest BCUT2D eigenvalue weighted by atomic mass is 16.5. The van der Waals surface area contributed by atoms with Crippen LogP contribution in [0.1, 0.15) is 16.8 Å². The average Bonchev–Trinajstić information content (AvgIpc) is 2.63. The molecule has 0 radical (unpaired) electrons. The molecular formula is C19H23NO4. The minimum absolute atomic E-state index is 0.148. The number of para-hydroxylation sites is 2. The molecule has 0 aliphatic heterocycles. The SMILES string of the molecule is COCCCNC(=O)c1ccccc1OCCOc1ccccc1. The second-order valence-corrected chi connectivity index (χ2v) is 5.11. The van der Waals surface area contributed by atoms with Crippen LogP contribution in [0.3, 0.4) is 0 Å². The van der Waals surface area contributed by atoms with E-state index in [0.717, 1.165) is 12.2 Å². The van der Waals surface area contributed by atoms with Gasteiger partial charge in [-0.1, -0.05) is 30.3 Å². The summed E-state index contributed by atoms with van der Waals surface area (Å²) in [6, 6.07) is 16.7. The largest absolute Gasteiger partial charge is 0.490 e. The van der Waals surface area contributed by atoms with Crippen molar-refractivity contribution in [2.75, 3.05) is 33.5 Å². The van der Waals surface area contributed by atoms with E-state index in [-0.39, 0.29) is 5.91 Å². The third-order valence-electron chi connectivity index (χ3n) is 3.30. The Morgan fingerprint density at radius 1 is 0.917 bits per heavy atom. The summed E-state index contributed by atoms with van der Waals surface area (Å²) in [7, 11) is 1.64. The van der Waals surface area contributed by atoms with E-state index in [1.54, 1.807) is 19.2 Å². The maximum atomic E-state index is 12.2. The molecule has 1 N–H and O–H groups in total. The van der Waals surface area contributed by atoms with Gasteiger partial charge in [0.25, 0.3) is 5.91 Å². The minimum atomic E-state index is -0.148. The minimum Gasteiger partial charge on any atom is -0.490 e. The molecule has 0 spiro atoms. The van der Waals surface area contributed by atoms with Crippen LogP contribution in [-0.2, 0) is 4.74 Å². The summed E-state index contributed by atoms with van der Waals surface area (Å²) >= 11 is 0. The topological polar surface area (TPSA) is 56.8 Å². The first kappa shape index (κ1) is 17.8. The standard InChI is InChI=1S/C19H23NO4/c1-22-13-7-12-20-19(21)17-10-5-6-11-18(17)24-15-14-23-16-8-3-2-4-9-16/h2-6,8-11H,7,12-15H2,1H3,(H,20,21). The van der Waals surface area contributed by atoms with Gasteiger partial charge in [-0.3, -0.25) is 4.79 Å². The van der Waals surface area contributed by atoms with E-state index < -0.39 is 0 Å². The first-order valence-electron chi connectivity index (χ1n) is 7.98. The fourth-order valence-electron chi connectivity index (χ4n) is 2.12. The summed E-state index contributed by atoms with van der Waals surface area (Å²) in [6.07, 6.45) is 0.774. The van der Waals surface area contributed by atoms with Crippen LogP contribution < -0.4 is 14.8 Å². The molecule has 0 unspecified atom stereocenters. The van der Waals surface area contributed by atoms with Gasteiger partial charge in [-0.25, -0.2) is 0 Å². The number of hydrogen-bond donors (Lipinski definition) is 1. The first-order chi connectivity index (χ1) is 11.8. The van der Waals surface area contributed by atoms with Gasteiger partial charge in [0, 0.05) is 20.3 Å². The van der Waals surface area contributed by atoms with Crippen molar-refractivity contribution in [1.82, 2.24) is 5.32 Å². The predicted octanol–water partition coefficient (Wildman–Crippen LogP) is 2.91. The van der Waals surface area contributed by atoms with Gasteiger partial charge < -0.3 is 19.5 Å². The number of methoxy groups -OCH3 is 1. The predicted molar refractivity (Wildman–Crippen MR) is 92.7 cm³/mol. The van der Waals surface area contributed by atoms with Crippen molar-refractivity contribution in [3.63, 3.8) is 0 Å². The van der Waals surface area contributed by atoms with E-state index in [4.69, 9.17) is 14.2 Å². The van der Waals surface area contributed by atoms with Gasteiger partial charge in [0.1, 0.15) is 24.7 Å². The molecule has 0 atom stereocenters. The number of carbonyl (C=O) groups excluding carboxylic acids is 1. The molecule has 0 heterocycles. The molecule has 5 heteroatoms. The van der Waals surface area contributed by atoms with Crippen LogP contribution in [0.4, 0.5) is 0 Å². The van der Waals surface area contributed by atoms with Crippen molar-refractivity contribution in [2.45, 2.75) is 6.42 Å². The van der Waals surface area contributed by atoms with Gasteiger partial charge in [0.2, 0.25) is 0 Å². The monoisotopic (exact) mass is 329 g/mol. The highest BCUT2D eigenvalue weighted by Crippen LogP contribution is 2.18. The zero-order valence-electron chi connectivity index (χ0n) is 13.9. The summed E-state index contributed by atoms with van der Waals surface area (Å²) < 4.78 is 16.2. The molecule has 128 valence electrons. The van der Waals surface area contributed by atoms with Crippen LogP contribution in [0.25, 0.3) is 0 Å². The molecule has 0 aromatic heterocycles. The van der Waals surface area contributed by atoms with E-state index in [0.29, 0.717) is 37.7 Å². The maximum absolute atomic E-state index is 12.2. The molecule has 2 rings (SSSR count). The number of rotatable bonds is 10. The lowest BCUT2D eigenvalue weighted by Crippen LogP contribution is -2.26. The van der Waals surface area contributed by atoms with E-state index in [1.165, 1.54) is 0 Å². The Balaban J connectivity index is 1.81. The van der Waals surface area contributed by atoms with Gasteiger partial charge in [0.15, 0.2) is 0 Å². The fraction of sp³-hybridized carbons (Fsp3) is 0.316. The quantitative estimate of drug-likeness (QED) is 0.681. The number of nitrogens with one attached hydrogen (secondary N) is 1. The van der Waals surface area contributed by atoms with Crippen LogP contribution in [0, 0.1) is 0 Å². The smallest absolute Gasteiger partial charge is 0.255 e. The molecule has 0 saturated heterocycles. The van der Waals surface area contributed by atoms with Crippen LogP contribution in [0.15, 0.2) is 54.6 Å². The lowest BCUT2D eigenvalue weighted by molar-refractivity contribution is 0.0943. The molecule has 0 saturated carbocycles. The normalized spacial score (nSPS) is 10.2. The average molecular weight is 329 g/mol. The van der Waals surface area contributed by atoms with Crippen molar-refractivity contribution in [2.24, 2.45) is 0 Å². The lowest BCUT2D eigenvalue weighted by atomic mass is 10.2. The Labute approximate surface area is 142 Å². The molecule has 2 aromatic carbocycles. The van der Waals surface area contributed by atoms with E-state index >= 15 is 0 Å². The number of ether oxygens (including phenoxy) is 3. The van der Waals surface area contributed by atoms with Crippen molar-refractivity contribution in [1.29, 1.82) is 0 Å². The lowest BCUT2D eigenvalue weighted by Gasteiger charge is -2.12. The van der Waals surface area contributed by atoms with Gasteiger partial charge in [-0.15, -0.1) is 0 Å². The molecule has 0 fully saturated rings. The van der Waals surface area contributed by atoms with Crippen LogP contribution in [0.2, 0.25) is 0 Å². The Morgan fingerprint density at radius 2 is 1.62 bits per heavy atom. The number of benzene rings is 2. The zero-order valence-corrected chi connectivity index (χ0v) is 13.9. The fourth-order valence-corrected chi connectivity index (χ4v) is 2.12. The molecule has 0 bridgehead atoms. The number of hydrogen-bond acceptors (Lipinski definition) is 4. The highest BCUT2D eigenvalue weighted by molar-refractivity contribution is 5.96. The summed E-state index contributed by atoms with van der Waals surface area (Å²) in [4.78, 5) is 12.2. The van der Waals surface area contributed by atoms with E-state index in [1.807, 2.05) is 42.5 Å². The van der Waals surface area contributed by atoms with Crippen LogP contribution >= 0.6 is 0 Å². The van der Waals surface area contributed by atoms with Crippen LogP contribution in [0.5, 0.6) is 11.5 Å². The molecule has 24 heavy (non-hydrogen) atoms. The number of carbonyl (C=O) groups is 1. The Bertz CT molecular complexity index is 616. The van der Waals surface area contributed by atoms with Crippen molar-refractivity contribution in [3.05, 3.63) is 60.2 Å². The van der Waals surface area contributed by atoms with E-state index in [2.05, 4.69) is 5.32 Å². The maximum Gasteiger partial charge on any atom is 0.255 e. The number of amides is 1. The molecule has 0 aliphatic carbocycles. The summed E-state index contributed by atoms with van der Waals surface area (Å²) in [6.45, 7) is 1.96. The Kier molecular flexibility index (Phi) is 7.63. The molecule has 5 nitrogen and oxygen atoms in total. The molecule has 0 aliphatic rings. The van der Waals surface area contributed by atoms with Gasteiger partial charge in [0.05, 0.1) is 5.56 Å². The second kappa shape index (κ2) is 10.3. The molecular weight excluding hydrogens is 306 g/mol. The summed E-state index contributed by atoms with van der Waals surface area (Å²) in [5.41, 5.74) is 0.523. The van der Waals surface area contributed by atoms with Crippen molar-refractivity contribution in [3.8, 4) is 11.5 Å². The zero-order chi connectivity index (χ0) is 17.0. The van der Waals surface area contributed by atoms with Gasteiger partial charge in [-0.2, -0.15) is 0 Å². The second-order valence-electron chi connectivity index (χ2n) is 5.11. The van der Waals surface area contributed by atoms with Crippen molar-refractivity contribution < 1.29 is 19.0 Å². The highest BCUT2D eigenvalue weighted by Gasteiger charge is 2.11. The van der Waals surface area contributed by atoms with E-state index in [9.17, 15) is 4.79 Å². The first-order valence-corrected chi connectivity index (χ1v) is 7.98. The molecule has 2 aromatic rings. The van der Waals surface area contributed by atoms with Gasteiger partial charge >= 0.3 is 0 Å². The third kappa shape index (κ3) is 5.93. The summed E-state index contributed by atoms with van der Waals surface area (Å²) in [5, 5.41) is 2.86. The molecule has 1 amide bonds. The summed E-state index contributed by atoms with van der Waals surface area (Å²) in [5.74, 6) is 1.20. The Hall–Kier alpha value is -2.53. The van der Waals surface area contributed by atoms with Gasteiger partial charge in [-0.05, 0) is 30.7 Å². The van der Waals surface area contributed by atoms with Crippen molar-refractivity contribution >= 4 is 5.91 Å².